The molecule has 0 unspecified atom stereocenters. The number of amides is 2. The average molecular weight is 359 g/mol. The number of nitrogens with one attached hydrogen (secondary N) is 1. The Hall–Kier alpha value is -1.30. The number of hydrogen-bond acceptors (Lipinski definition) is 3. The summed E-state index contributed by atoms with van der Waals surface area (Å²) in [6.07, 6.45) is 1.02. The molecule has 23 heavy (non-hydrogen) atoms. The van der Waals surface area contributed by atoms with Crippen LogP contribution >= 0.6 is 23.2 Å². The highest BCUT2D eigenvalue weighted by atomic mass is 35.5. The van der Waals surface area contributed by atoms with Gasteiger partial charge in [0.1, 0.15) is 0 Å². The number of rotatable bonds is 6. The third kappa shape index (κ3) is 5.68. The molecule has 1 aromatic rings. The Balaban J connectivity index is 1.67. The monoisotopic (exact) mass is 358 g/mol. The zero-order valence-corrected chi connectivity index (χ0v) is 14.3. The third-order valence-corrected chi connectivity index (χ3v) is 4.54. The Labute approximate surface area is 145 Å². The summed E-state index contributed by atoms with van der Waals surface area (Å²) in [7, 11) is 0. The van der Waals surface area contributed by atoms with Gasteiger partial charge in [-0.25, -0.2) is 0 Å². The summed E-state index contributed by atoms with van der Waals surface area (Å²) in [5.74, 6) is -0.133. The quantitative estimate of drug-likeness (QED) is 0.848. The average Bonchev–Trinajstić information content (AvgIpc) is 2.57. The minimum Gasteiger partial charge on any atom is -0.378 e. The maximum atomic E-state index is 11.9. The second-order valence-electron chi connectivity index (χ2n) is 5.31. The number of ether oxygens (including phenoxy) is 1. The molecule has 1 heterocycles. The topological polar surface area (TPSA) is 58.6 Å². The van der Waals surface area contributed by atoms with E-state index in [4.69, 9.17) is 27.9 Å². The van der Waals surface area contributed by atoms with Gasteiger partial charge in [0, 0.05) is 32.5 Å². The van der Waals surface area contributed by atoms with Gasteiger partial charge < -0.3 is 15.0 Å². The van der Waals surface area contributed by atoms with Crippen molar-refractivity contribution in [3.8, 4) is 0 Å². The van der Waals surface area contributed by atoms with Gasteiger partial charge in [-0.1, -0.05) is 35.3 Å². The fraction of sp³-hybridized carbons (Fsp3) is 0.500. The van der Waals surface area contributed by atoms with Crippen LogP contribution in [0.15, 0.2) is 18.2 Å². The molecular formula is C16H20Cl2N2O3. The van der Waals surface area contributed by atoms with Crippen LogP contribution in [0.5, 0.6) is 0 Å². The zero-order valence-electron chi connectivity index (χ0n) is 12.8. The molecule has 0 bridgehead atoms. The van der Waals surface area contributed by atoms with E-state index in [1.54, 1.807) is 11.0 Å². The van der Waals surface area contributed by atoms with Gasteiger partial charge in [0.05, 0.1) is 23.3 Å². The highest BCUT2D eigenvalue weighted by Crippen LogP contribution is 2.25. The molecule has 126 valence electrons. The highest BCUT2D eigenvalue weighted by Gasteiger charge is 2.17. The lowest BCUT2D eigenvalue weighted by Crippen LogP contribution is -2.41. The molecule has 1 saturated heterocycles. The first-order valence-electron chi connectivity index (χ1n) is 7.63. The molecule has 1 N–H and O–H groups in total. The number of benzene rings is 1. The van der Waals surface area contributed by atoms with Crippen LogP contribution in [0.1, 0.15) is 18.4 Å². The molecule has 7 heteroatoms. The summed E-state index contributed by atoms with van der Waals surface area (Å²) >= 11 is 12.0. The summed E-state index contributed by atoms with van der Waals surface area (Å²) in [6, 6.07) is 5.43. The fourth-order valence-electron chi connectivity index (χ4n) is 2.36. The predicted octanol–water partition coefficient (Wildman–Crippen LogP) is 2.29. The summed E-state index contributed by atoms with van der Waals surface area (Å²) in [5.41, 5.74) is 0.892. The van der Waals surface area contributed by atoms with Crippen LogP contribution in [0.25, 0.3) is 0 Å². The Kier molecular flexibility index (Phi) is 7.15. The molecule has 0 aliphatic carbocycles. The lowest BCUT2D eigenvalue weighted by molar-refractivity contribution is -0.137. The van der Waals surface area contributed by atoms with Crippen molar-refractivity contribution in [1.29, 1.82) is 0 Å². The molecule has 1 fully saturated rings. The first-order chi connectivity index (χ1) is 11.1. The van der Waals surface area contributed by atoms with Gasteiger partial charge >= 0.3 is 0 Å². The first kappa shape index (κ1) is 18.0. The number of carbonyl (C=O) groups excluding carboxylic acids is 2. The van der Waals surface area contributed by atoms with E-state index in [0.29, 0.717) is 49.3 Å². The van der Waals surface area contributed by atoms with E-state index in [1.165, 1.54) is 0 Å². The van der Waals surface area contributed by atoms with E-state index in [1.807, 2.05) is 12.1 Å². The van der Waals surface area contributed by atoms with Gasteiger partial charge in [0.2, 0.25) is 11.8 Å². The summed E-state index contributed by atoms with van der Waals surface area (Å²) in [6.45, 7) is 2.81. The summed E-state index contributed by atoms with van der Waals surface area (Å²) in [5, 5.41) is 3.83. The number of carbonyl (C=O) groups is 2. The van der Waals surface area contributed by atoms with Crippen LogP contribution in [-0.4, -0.2) is 49.6 Å². The molecule has 1 aromatic carbocycles. The zero-order chi connectivity index (χ0) is 16.7. The van der Waals surface area contributed by atoms with Gasteiger partial charge in [-0.05, 0) is 18.1 Å². The van der Waals surface area contributed by atoms with Gasteiger partial charge in [-0.15, -0.1) is 0 Å². The first-order valence-corrected chi connectivity index (χ1v) is 8.38. The maximum Gasteiger partial charge on any atom is 0.223 e. The SMILES string of the molecule is O=C(CCC(=O)N1CCOCC1)NCCc1cccc(Cl)c1Cl. The number of halogens is 2. The second-order valence-corrected chi connectivity index (χ2v) is 6.09. The van der Waals surface area contributed by atoms with E-state index < -0.39 is 0 Å². The van der Waals surface area contributed by atoms with Crippen LogP contribution < -0.4 is 5.32 Å². The van der Waals surface area contributed by atoms with Crippen molar-refractivity contribution in [3.63, 3.8) is 0 Å². The largest absolute Gasteiger partial charge is 0.378 e. The molecule has 0 atom stereocenters. The summed E-state index contributed by atoms with van der Waals surface area (Å²) in [4.78, 5) is 25.5. The predicted molar refractivity (Wildman–Crippen MR) is 89.8 cm³/mol. The highest BCUT2D eigenvalue weighted by molar-refractivity contribution is 6.42. The van der Waals surface area contributed by atoms with Crippen LogP contribution in [-0.2, 0) is 20.7 Å². The van der Waals surface area contributed by atoms with Crippen LogP contribution in [0, 0.1) is 0 Å². The van der Waals surface area contributed by atoms with Crippen molar-refractivity contribution in [2.24, 2.45) is 0 Å². The van der Waals surface area contributed by atoms with E-state index in [9.17, 15) is 9.59 Å². The Bertz CT molecular complexity index is 560. The standard InChI is InChI=1S/C16H20Cl2N2O3/c17-13-3-1-2-12(16(13)18)6-7-19-14(21)4-5-15(22)20-8-10-23-11-9-20/h1-3H,4-11H2,(H,19,21). The molecule has 5 nitrogen and oxygen atoms in total. The molecule has 2 amide bonds. The minimum absolute atomic E-state index is 0.00124. The van der Waals surface area contributed by atoms with Crippen molar-refractivity contribution >= 4 is 35.0 Å². The van der Waals surface area contributed by atoms with Crippen molar-refractivity contribution in [1.82, 2.24) is 10.2 Å². The van der Waals surface area contributed by atoms with Crippen molar-refractivity contribution in [2.75, 3.05) is 32.8 Å². The van der Waals surface area contributed by atoms with E-state index in [0.717, 1.165) is 5.56 Å². The van der Waals surface area contributed by atoms with Gasteiger partial charge in [0.15, 0.2) is 0 Å². The van der Waals surface area contributed by atoms with Crippen LogP contribution in [0.2, 0.25) is 10.0 Å². The van der Waals surface area contributed by atoms with Crippen molar-refractivity contribution in [3.05, 3.63) is 33.8 Å². The van der Waals surface area contributed by atoms with Gasteiger partial charge in [-0.3, -0.25) is 9.59 Å². The Morgan fingerprint density at radius 3 is 2.65 bits per heavy atom. The molecule has 2 rings (SSSR count). The fourth-order valence-corrected chi connectivity index (χ4v) is 2.77. The lowest BCUT2D eigenvalue weighted by Gasteiger charge is -2.26. The van der Waals surface area contributed by atoms with Crippen LogP contribution in [0.4, 0.5) is 0 Å². The molecule has 1 aliphatic heterocycles. The molecular weight excluding hydrogens is 339 g/mol. The third-order valence-electron chi connectivity index (χ3n) is 3.68. The number of hydrogen-bond donors (Lipinski definition) is 1. The van der Waals surface area contributed by atoms with Crippen molar-refractivity contribution in [2.45, 2.75) is 19.3 Å². The van der Waals surface area contributed by atoms with E-state index in [-0.39, 0.29) is 24.7 Å². The molecule has 0 saturated carbocycles. The maximum absolute atomic E-state index is 11.9. The van der Waals surface area contributed by atoms with E-state index >= 15 is 0 Å². The Morgan fingerprint density at radius 1 is 1.17 bits per heavy atom. The molecule has 0 aromatic heterocycles. The molecule has 0 radical (unpaired) electrons. The lowest BCUT2D eigenvalue weighted by atomic mass is 10.1. The number of morpholine rings is 1. The van der Waals surface area contributed by atoms with Crippen LogP contribution in [0.3, 0.4) is 0 Å². The number of nitrogens with zero attached hydrogens (tertiary/aromatic N) is 1. The van der Waals surface area contributed by atoms with Gasteiger partial charge in [-0.2, -0.15) is 0 Å². The smallest absolute Gasteiger partial charge is 0.223 e. The minimum atomic E-state index is -0.134. The Morgan fingerprint density at radius 2 is 1.91 bits per heavy atom. The van der Waals surface area contributed by atoms with E-state index in [2.05, 4.69) is 5.32 Å². The summed E-state index contributed by atoms with van der Waals surface area (Å²) < 4.78 is 5.20. The van der Waals surface area contributed by atoms with Gasteiger partial charge in [0.25, 0.3) is 0 Å². The molecule has 0 spiro atoms. The van der Waals surface area contributed by atoms with Crippen molar-refractivity contribution < 1.29 is 14.3 Å². The second kappa shape index (κ2) is 9.11. The molecule has 1 aliphatic rings. The normalized spacial score (nSPS) is 14.6.